The Bertz CT molecular complexity index is 786. The van der Waals surface area contributed by atoms with Crippen LogP contribution >= 0.6 is 11.3 Å². The van der Waals surface area contributed by atoms with E-state index >= 15 is 0 Å². The Hall–Kier alpha value is -2.38. The van der Waals surface area contributed by atoms with Crippen LogP contribution in [0, 0.1) is 0 Å². The third-order valence-electron chi connectivity index (χ3n) is 3.54. The number of hydrogen-bond donors (Lipinski definition) is 0. The largest absolute Gasteiger partial charge is 0.493 e. The van der Waals surface area contributed by atoms with Gasteiger partial charge in [-0.3, -0.25) is 4.90 Å². The molecule has 2 heterocycles. The first-order valence-electron chi connectivity index (χ1n) is 7.46. The molecule has 0 bridgehead atoms. The Morgan fingerprint density at radius 3 is 2.71 bits per heavy atom. The van der Waals surface area contributed by atoms with E-state index in [-0.39, 0.29) is 0 Å². The number of thiophene rings is 1. The Morgan fingerprint density at radius 1 is 1.12 bits per heavy atom. The summed E-state index contributed by atoms with van der Waals surface area (Å²) in [7, 11) is 5.27. The number of hydrogen-bond acceptors (Lipinski definition) is 7. The van der Waals surface area contributed by atoms with Crippen molar-refractivity contribution in [3.05, 3.63) is 47.2 Å². The average Bonchev–Trinajstić information content (AvgIpc) is 3.25. The Kier molecular flexibility index (Phi) is 5.12. The van der Waals surface area contributed by atoms with Crippen molar-refractivity contribution in [2.45, 2.75) is 13.1 Å². The zero-order chi connectivity index (χ0) is 16.9. The highest BCUT2D eigenvalue weighted by Gasteiger charge is 2.14. The van der Waals surface area contributed by atoms with E-state index in [1.165, 1.54) is 0 Å². The quantitative estimate of drug-likeness (QED) is 0.654. The van der Waals surface area contributed by atoms with Gasteiger partial charge in [0.2, 0.25) is 11.7 Å². The van der Waals surface area contributed by atoms with Crippen molar-refractivity contribution in [2.24, 2.45) is 0 Å². The van der Waals surface area contributed by atoms with Crippen LogP contribution in [-0.2, 0) is 13.1 Å². The van der Waals surface area contributed by atoms with E-state index in [1.807, 2.05) is 42.8 Å². The molecular weight excluding hydrogens is 326 g/mol. The minimum absolute atomic E-state index is 0.554. The molecule has 0 amide bonds. The van der Waals surface area contributed by atoms with Crippen LogP contribution in [0.25, 0.3) is 10.7 Å². The van der Waals surface area contributed by atoms with E-state index in [0.29, 0.717) is 24.8 Å². The zero-order valence-corrected chi connectivity index (χ0v) is 14.7. The third kappa shape index (κ3) is 3.58. The summed E-state index contributed by atoms with van der Waals surface area (Å²) >= 11 is 1.59. The lowest BCUT2D eigenvalue weighted by atomic mass is 10.1. The molecule has 0 radical (unpaired) electrons. The fraction of sp³-hybridized carbons (Fsp3) is 0.294. The summed E-state index contributed by atoms with van der Waals surface area (Å²) in [5.74, 6) is 2.69. The predicted molar refractivity (Wildman–Crippen MR) is 92.3 cm³/mol. The van der Waals surface area contributed by atoms with Gasteiger partial charge >= 0.3 is 0 Å². The van der Waals surface area contributed by atoms with Gasteiger partial charge in [0.15, 0.2) is 11.5 Å². The van der Waals surface area contributed by atoms with Gasteiger partial charge < -0.3 is 14.0 Å². The topological polar surface area (TPSA) is 60.6 Å². The van der Waals surface area contributed by atoms with Crippen LogP contribution in [0.2, 0.25) is 0 Å². The molecule has 0 fully saturated rings. The van der Waals surface area contributed by atoms with Crippen LogP contribution in [0.1, 0.15) is 11.5 Å². The highest BCUT2D eigenvalue weighted by atomic mass is 32.1. The molecule has 0 spiro atoms. The van der Waals surface area contributed by atoms with Crippen molar-refractivity contribution >= 4 is 11.3 Å². The lowest BCUT2D eigenvalue weighted by Gasteiger charge is -2.18. The molecule has 0 aliphatic rings. The number of para-hydroxylation sites is 1. The van der Waals surface area contributed by atoms with E-state index in [1.54, 1.807) is 25.6 Å². The maximum atomic E-state index is 5.47. The van der Waals surface area contributed by atoms with Crippen molar-refractivity contribution in [1.29, 1.82) is 0 Å². The monoisotopic (exact) mass is 345 g/mol. The predicted octanol–water partition coefficient (Wildman–Crippen LogP) is 3.45. The Labute approximate surface area is 144 Å². The molecule has 1 aromatic carbocycles. The summed E-state index contributed by atoms with van der Waals surface area (Å²) in [6.45, 7) is 1.23. The van der Waals surface area contributed by atoms with Crippen LogP contribution in [0.5, 0.6) is 11.5 Å². The van der Waals surface area contributed by atoms with Gasteiger partial charge in [-0.2, -0.15) is 4.98 Å². The van der Waals surface area contributed by atoms with E-state index < -0.39 is 0 Å². The van der Waals surface area contributed by atoms with Crippen LogP contribution < -0.4 is 9.47 Å². The van der Waals surface area contributed by atoms with E-state index in [2.05, 4.69) is 15.0 Å². The van der Waals surface area contributed by atoms with E-state index in [9.17, 15) is 0 Å². The second kappa shape index (κ2) is 7.46. The van der Waals surface area contributed by atoms with Crippen LogP contribution in [0.15, 0.2) is 40.2 Å². The SMILES string of the molecule is COc1cccc(CN(C)Cc2nc(-c3cccs3)no2)c1OC. The van der Waals surface area contributed by atoms with Gasteiger partial charge in [-0.15, -0.1) is 11.3 Å². The first kappa shape index (κ1) is 16.5. The molecule has 0 saturated heterocycles. The van der Waals surface area contributed by atoms with Crippen LogP contribution in [0.3, 0.4) is 0 Å². The van der Waals surface area contributed by atoms with Crippen molar-refractivity contribution in [3.63, 3.8) is 0 Å². The number of aromatic nitrogens is 2. The van der Waals surface area contributed by atoms with Gasteiger partial charge in [-0.05, 0) is 24.6 Å². The smallest absolute Gasteiger partial charge is 0.241 e. The van der Waals surface area contributed by atoms with Gasteiger partial charge in [0.25, 0.3) is 0 Å². The fourth-order valence-corrected chi connectivity index (χ4v) is 3.13. The molecule has 0 aliphatic carbocycles. The van der Waals surface area contributed by atoms with Crippen LogP contribution in [-0.4, -0.2) is 36.3 Å². The second-order valence-electron chi connectivity index (χ2n) is 5.31. The molecule has 0 unspecified atom stereocenters. The standard InChI is InChI=1S/C17H19N3O3S/c1-20(10-12-6-4-7-13(21-2)16(12)22-3)11-15-18-17(19-23-15)14-8-5-9-24-14/h4-9H,10-11H2,1-3H3. The molecule has 3 aromatic rings. The van der Waals surface area contributed by atoms with Gasteiger partial charge in [0.1, 0.15) is 0 Å². The molecule has 24 heavy (non-hydrogen) atoms. The van der Waals surface area contributed by atoms with E-state index in [4.69, 9.17) is 14.0 Å². The lowest BCUT2D eigenvalue weighted by molar-refractivity contribution is 0.256. The Morgan fingerprint density at radius 2 is 2.00 bits per heavy atom. The molecule has 0 N–H and O–H groups in total. The van der Waals surface area contributed by atoms with Gasteiger partial charge in [-0.1, -0.05) is 23.4 Å². The maximum absolute atomic E-state index is 5.47. The maximum Gasteiger partial charge on any atom is 0.241 e. The van der Waals surface area contributed by atoms with Crippen molar-refractivity contribution in [3.8, 4) is 22.2 Å². The highest BCUT2D eigenvalue weighted by molar-refractivity contribution is 7.13. The zero-order valence-electron chi connectivity index (χ0n) is 13.9. The summed E-state index contributed by atoms with van der Waals surface area (Å²) in [5.41, 5.74) is 1.04. The first-order valence-corrected chi connectivity index (χ1v) is 8.34. The highest BCUT2D eigenvalue weighted by Crippen LogP contribution is 2.31. The van der Waals surface area contributed by atoms with Gasteiger partial charge in [0.05, 0.1) is 25.6 Å². The van der Waals surface area contributed by atoms with Crippen molar-refractivity contribution in [2.75, 3.05) is 21.3 Å². The number of ether oxygens (including phenoxy) is 2. The molecule has 0 aliphatic heterocycles. The summed E-state index contributed by atoms with van der Waals surface area (Å²) < 4.78 is 16.2. The minimum atomic E-state index is 0.554. The van der Waals surface area contributed by atoms with Crippen LogP contribution in [0.4, 0.5) is 0 Å². The van der Waals surface area contributed by atoms with Gasteiger partial charge in [-0.25, -0.2) is 0 Å². The average molecular weight is 345 g/mol. The number of rotatable bonds is 7. The third-order valence-corrected chi connectivity index (χ3v) is 4.41. The normalized spacial score (nSPS) is 11.0. The molecular formula is C17H19N3O3S. The molecule has 6 nitrogen and oxygen atoms in total. The van der Waals surface area contributed by atoms with Crippen molar-refractivity contribution in [1.82, 2.24) is 15.0 Å². The molecule has 0 saturated carbocycles. The number of benzene rings is 1. The lowest BCUT2D eigenvalue weighted by Crippen LogP contribution is -2.18. The summed E-state index contributed by atoms with van der Waals surface area (Å²) in [5, 5.41) is 6.03. The van der Waals surface area contributed by atoms with Gasteiger partial charge in [0, 0.05) is 12.1 Å². The summed E-state index contributed by atoms with van der Waals surface area (Å²) in [4.78, 5) is 7.53. The molecule has 0 atom stereocenters. The fourth-order valence-electron chi connectivity index (χ4n) is 2.48. The number of methoxy groups -OCH3 is 2. The molecule has 3 rings (SSSR count). The first-order chi connectivity index (χ1) is 11.7. The Balaban J connectivity index is 1.69. The molecule has 7 heteroatoms. The van der Waals surface area contributed by atoms with E-state index in [0.717, 1.165) is 21.9 Å². The summed E-state index contributed by atoms with van der Waals surface area (Å²) in [6.07, 6.45) is 0. The molecule has 126 valence electrons. The number of nitrogens with zero attached hydrogens (tertiary/aromatic N) is 3. The summed E-state index contributed by atoms with van der Waals surface area (Å²) in [6, 6.07) is 9.80. The second-order valence-corrected chi connectivity index (χ2v) is 6.26. The minimum Gasteiger partial charge on any atom is -0.493 e. The molecule has 2 aromatic heterocycles. The van der Waals surface area contributed by atoms with Crippen molar-refractivity contribution < 1.29 is 14.0 Å².